The van der Waals surface area contributed by atoms with Crippen molar-refractivity contribution in [1.82, 2.24) is 15.0 Å². The first-order valence-corrected chi connectivity index (χ1v) is 10.5. The van der Waals surface area contributed by atoms with Crippen LogP contribution >= 0.6 is 0 Å². The zero-order chi connectivity index (χ0) is 24.2. The predicted molar refractivity (Wildman–Crippen MR) is 124 cm³/mol. The van der Waals surface area contributed by atoms with Crippen LogP contribution in [0.3, 0.4) is 0 Å². The quantitative estimate of drug-likeness (QED) is 0.446. The number of hydrogen-bond acceptors (Lipinski definition) is 7. The summed E-state index contributed by atoms with van der Waals surface area (Å²) in [6.07, 6.45) is 7.71. The number of fused-ring (bicyclic) bond motifs is 2. The van der Waals surface area contributed by atoms with E-state index in [4.69, 9.17) is 11.2 Å². The van der Waals surface area contributed by atoms with Crippen molar-refractivity contribution >= 4 is 27.5 Å². The van der Waals surface area contributed by atoms with Gasteiger partial charge in [-0.3, -0.25) is 0 Å². The Balaban J connectivity index is 1.91. The van der Waals surface area contributed by atoms with Crippen LogP contribution < -0.4 is 9.64 Å². The number of aliphatic hydroxyl groups excluding tert-OH is 1. The van der Waals surface area contributed by atoms with Crippen molar-refractivity contribution in [3.63, 3.8) is 0 Å². The number of pyridine rings is 1. The van der Waals surface area contributed by atoms with E-state index in [9.17, 15) is 14.6 Å². The zero-order valence-electron chi connectivity index (χ0n) is 18.4. The van der Waals surface area contributed by atoms with Crippen molar-refractivity contribution in [1.29, 1.82) is 0 Å². The first-order valence-electron chi connectivity index (χ1n) is 10.5. The molecule has 4 aromatic rings. The van der Waals surface area contributed by atoms with E-state index in [0.29, 0.717) is 29.6 Å². The van der Waals surface area contributed by atoms with Gasteiger partial charge in [0.1, 0.15) is 28.6 Å². The van der Waals surface area contributed by atoms with Gasteiger partial charge < -0.3 is 19.8 Å². The lowest BCUT2D eigenvalue weighted by Gasteiger charge is -2.50. The van der Waals surface area contributed by atoms with Crippen LogP contribution in [-0.2, 0) is 0 Å². The molecule has 1 atom stereocenters. The van der Waals surface area contributed by atoms with Crippen molar-refractivity contribution in [2.75, 3.05) is 25.2 Å². The van der Waals surface area contributed by atoms with Crippen LogP contribution in [0.25, 0.3) is 32.9 Å². The number of halogens is 2. The monoisotopic (exact) mass is 462 g/mol. The summed E-state index contributed by atoms with van der Waals surface area (Å²) in [5, 5.41) is 21.3. The Morgan fingerprint density at radius 3 is 2.71 bits per heavy atom. The van der Waals surface area contributed by atoms with Crippen molar-refractivity contribution in [2.24, 2.45) is 0 Å². The number of phenolic OH excluding ortho intramolecular Hbond substituents is 1. The molecule has 3 heterocycles. The fourth-order valence-corrected chi connectivity index (χ4v) is 4.39. The van der Waals surface area contributed by atoms with E-state index in [-0.39, 0.29) is 46.1 Å². The van der Waals surface area contributed by atoms with Gasteiger partial charge in [-0.25, -0.2) is 18.7 Å². The summed E-state index contributed by atoms with van der Waals surface area (Å²) in [4.78, 5) is 14.8. The van der Waals surface area contributed by atoms with E-state index in [0.717, 1.165) is 0 Å². The summed E-state index contributed by atoms with van der Waals surface area (Å²) in [6.45, 7) is 2.30. The molecule has 34 heavy (non-hydrogen) atoms. The highest BCUT2D eigenvalue weighted by atomic mass is 19.1. The minimum atomic E-state index is -0.801. The summed E-state index contributed by atoms with van der Waals surface area (Å²) < 4.78 is 35.7. The molecule has 0 radical (unpaired) electrons. The number of aromatic hydroxyl groups is 1. The molecule has 7 nitrogen and oxygen atoms in total. The molecule has 1 fully saturated rings. The number of rotatable bonds is 4. The summed E-state index contributed by atoms with van der Waals surface area (Å²) >= 11 is 0. The van der Waals surface area contributed by atoms with E-state index in [1.807, 2.05) is 11.8 Å². The van der Waals surface area contributed by atoms with Crippen LogP contribution in [0.1, 0.15) is 18.9 Å². The fourth-order valence-electron chi connectivity index (χ4n) is 4.39. The van der Waals surface area contributed by atoms with Gasteiger partial charge in [-0.15, -0.1) is 6.42 Å². The minimum absolute atomic E-state index is 0.0424. The van der Waals surface area contributed by atoms with Crippen LogP contribution in [0.15, 0.2) is 30.5 Å². The first kappa shape index (κ1) is 21.8. The lowest BCUT2D eigenvalue weighted by atomic mass is 9.87. The number of nitrogens with zero attached hydrogens (tertiary/aromatic N) is 4. The first-order chi connectivity index (χ1) is 16.3. The second-order valence-electron chi connectivity index (χ2n) is 8.43. The molecule has 172 valence electrons. The molecule has 2 aromatic carbocycles. The van der Waals surface area contributed by atoms with E-state index >= 15 is 4.39 Å². The number of benzene rings is 2. The molecule has 5 rings (SSSR count). The normalized spacial score (nSPS) is 17.6. The van der Waals surface area contributed by atoms with Gasteiger partial charge in [-0.2, -0.15) is 4.98 Å². The molecule has 0 aliphatic carbocycles. The largest absolute Gasteiger partial charge is 0.508 e. The number of hydrogen-bond donors (Lipinski definition) is 2. The van der Waals surface area contributed by atoms with Crippen LogP contribution in [0.5, 0.6) is 11.8 Å². The topological polar surface area (TPSA) is 91.6 Å². The molecular formula is C25H20F2N4O3. The molecule has 0 spiro atoms. The Morgan fingerprint density at radius 1 is 1.26 bits per heavy atom. The Morgan fingerprint density at radius 2 is 2.06 bits per heavy atom. The summed E-state index contributed by atoms with van der Waals surface area (Å²) in [5.74, 6) is 1.07. The van der Waals surface area contributed by atoms with Gasteiger partial charge in [-0.05, 0) is 36.9 Å². The maximum atomic E-state index is 16.0. The molecule has 9 heteroatoms. The van der Waals surface area contributed by atoms with Crippen molar-refractivity contribution in [3.05, 3.63) is 47.7 Å². The Labute approximate surface area is 193 Å². The molecule has 0 saturated carbocycles. The van der Waals surface area contributed by atoms with Crippen LogP contribution in [0.2, 0.25) is 0 Å². The second-order valence-corrected chi connectivity index (χ2v) is 8.43. The number of anilines is 1. The smallest absolute Gasteiger partial charge is 0.316 e. The van der Waals surface area contributed by atoms with Gasteiger partial charge in [0.25, 0.3) is 0 Å². The molecule has 1 unspecified atom stereocenters. The number of phenols is 1. The third-order valence-corrected chi connectivity index (χ3v) is 6.40. The average Bonchev–Trinajstić information content (AvgIpc) is 2.83. The van der Waals surface area contributed by atoms with E-state index < -0.39 is 17.2 Å². The number of terminal acetylenes is 1. The predicted octanol–water partition coefficient (Wildman–Crippen LogP) is 3.78. The standard InChI is InChI=1S/C25H20F2N4O3/c1-4-15-18(26)6-5-13-9-14(33)10-16(19(13)15)21-20(27)22-17(11-28-24(30-22)34-3)23(29-21)31-8-7-25(31,2)12-32/h1,5-6,9-11,32-33H,7-8,12H2,2-3H3. The maximum Gasteiger partial charge on any atom is 0.316 e. The van der Waals surface area contributed by atoms with Gasteiger partial charge in [0.2, 0.25) is 0 Å². The Hall–Kier alpha value is -4.03. The van der Waals surface area contributed by atoms with Gasteiger partial charge in [-0.1, -0.05) is 12.0 Å². The molecule has 1 aliphatic heterocycles. The third kappa shape index (κ3) is 3.10. The maximum absolute atomic E-state index is 16.0. The van der Waals surface area contributed by atoms with Gasteiger partial charge >= 0.3 is 6.01 Å². The van der Waals surface area contributed by atoms with Crippen molar-refractivity contribution < 1.29 is 23.7 Å². The number of aromatic nitrogens is 3. The van der Waals surface area contributed by atoms with Crippen LogP contribution in [-0.4, -0.2) is 51.0 Å². The van der Waals surface area contributed by atoms with Gasteiger partial charge in [0.05, 0.1) is 30.2 Å². The second kappa shape index (κ2) is 7.78. The fraction of sp³-hybridized carbons (Fsp3) is 0.240. The minimum Gasteiger partial charge on any atom is -0.508 e. The number of methoxy groups -OCH3 is 1. The molecule has 0 bridgehead atoms. The highest BCUT2D eigenvalue weighted by Crippen LogP contribution is 2.43. The Kier molecular flexibility index (Phi) is 4.99. The third-order valence-electron chi connectivity index (χ3n) is 6.40. The lowest BCUT2D eigenvalue weighted by molar-refractivity contribution is 0.153. The van der Waals surface area contributed by atoms with Gasteiger partial charge in [0.15, 0.2) is 5.82 Å². The molecule has 2 aromatic heterocycles. The SMILES string of the molecule is C#Cc1c(F)ccc2cc(O)cc(-c3nc(N4CCC4(C)CO)c4cnc(OC)nc4c3F)c12. The van der Waals surface area contributed by atoms with Gasteiger partial charge in [0, 0.05) is 23.7 Å². The highest BCUT2D eigenvalue weighted by Gasteiger charge is 2.42. The molecule has 0 amide bonds. The summed E-state index contributed by atoms with van der Waals surface area (Å²) in [6, 6.07) is 5.32. The highest BCUT2D eigenvalue weighted by molar-refractivity contribution is 6.03. The Bertz CT molecular complexity index is 1510. The summed E-state index contributed by atoms with van der Waals surface area (Å²) in [7, 11) is 1.37. The van der Waals surface area contributed by atoms with Crippen LogP contribution in [0.4, 0.5) is 14.6 Å². The molecule has 2 N–H and O–H groups in total. The molecule has 1 aliphatic rings. The summed E-state index contributed by atoms with van der Waals surface area (Å²) in [5.41, 5.74) is -0.786. The lowest BCUT2D eigenvalue weighted by Crippen LogP contribution is -2.61. The number of aliphatic hydroxyl groups is 1. The molecular weight excluding hydrogens is 442 g/mol. The van der Waals surface area contributed by atoms with Crippen LogP contribution in [0, 0.1) is 24.0 Å². The van der Waals surface area contributed by atoms with Crippen molar-refractivity contribution in [3.8, 4) is 35.4 Å². The van der Waals surface area contributed by atoms with E-state index in [1.54, 1.807) is 0 Å². The average molecular weight is 462 g/mol. The zero-order valence-corrected chi connectivity index (χ0v) is 18.4. The van der Waals surface area contributed by atoms with E-state index in [1.165, 1.54) is 37.6 Å². The van der Waals surface area contributed by atoms with Crippen molar-refractivity contribution in [2.45, 2.75) is 18.9 Å². The number of ether oxygens (including phenoxy) is 1. The molecule has 1 saturated heterocycles. The van der Waals surface area contributed by atoms with E-state index in [2.05, 4.69) is 20.9 Å².